The van der Waals surface area contributed by atoms with E-state index in [1.54, 1.807) is 26.4 Å². The summed E-state index contributed by atoms with van der Waals surface area (Å²) >= 11 is 0. The average Bonchev–Trinajstić information content (AvgIpc) is 2.71. The molecule has 0 spiro atoms. The lowest BCUT2D eigenvalue weighted by molar-refractivity contribution is -0.0590. The number of para-hydroxylation sites is 1. The zero-order chi connectivity index (χ0) is 20.5. The van der Waals surface area contributed by atoms with Crippen LogP contribution in [0.15, 0.2) is 24.3 Å². The smallest absolute Gasteiger partial charge is 0.257 e. The highest BCUT2D eigenvalue weighted by molar-refractivity contribution is 5.97. The Hall–Kier alpha value is -1.67. The number of amides is 1. The predicted molar refractivity (Wildman–Crippen MR) is 108 cm³/mol. The van der Waals surface area contributed by atoms with Gasteiger partial charge in [0.1, 0.15) is 5.75 Å². The summed E-state index contributed by atoms with van der Waals surface area (Å²) in [4.78, 5) is 17.3. The Balaban J connectivity index is 2.08. The Bertz CT molecular complexity index is 612. The molecule has 0 radical (unpaired) electrons. The number of hydrogen-bond acceptors (Lipinski definition) is 6. The maximum Gasteiger partial charge on any atom is 0.257 e. The van der Waals surface area contributed by atoms with E-state index < -0.39 is 6.10 Å². The number of hydrogen-bond donors (Lipinski definition) is 1. The molecule has 1 aromatic rings. The van der Waals surface area contributed by atoms with Crippen LogP contribution in [0, 0.1) is 0 Å². The molecular formula is C21H34N2O5. The predicted octanol–water partition coefficient (Wildman–Crippen LogP) is 1.64. The molecule has 0 aliphatic carbocycles. The molecule has 1 aromatic carbocycles. The van der Waals surface area contributed by atoms with Crippen molar-refractivity contribution in [1.82, 2.24) is 9.80 Å². The fourth-order valence-corrected chi connectivity index (χ4v) is 3.48. The summed E-state index contributed by atoms with van der Waals surface area (Å²) in [6, 6.07) is 7.39. The second-order valence-electron chi connectivity index (χ2n) is 7.28. The monoisotopic (exact) mass is 394 g/mol. The van der Waals surface area contributed by atoms with E-state index in [-0.39, 0.29) is 18.1 Å². The molecule has 28 heavy (non-hydrogen) atoms. The van der Waals surface area contributed by atoms with Gasteiger partial charge in [-0.25, -0.2) is 0 Å². The highest BCUT2D eigenvalue weighted by Gasteiger charge is 2.29. The van der Waals surface area contributed by atoms with Crippen molar-refractivity contribution in [3.8, 4) is 5.75 Å². The van der Waals surface area contributed by atoms with Crippen LogP contribution in [0.5, 0.6) is 5.75 Å². The van der Waals surface area contributed by atoms with Crippen LogP contribution < -0.4 is 4.74 Å². The summed E-state index contributed by atoms with van der Waals surface area (Å²) in [6.07, 6.45) is 0.227. The van der Waals surface area contributed by atoms with Gasteiger partial charge in [-0.05, 0) is 25.5 Å². The Morgan fingerprint density at radius 1 is 1.39 bits per heavy atom. The number of methoxy groups -OCH3 is 2. The van der Waals surface area contributed by atoms with Gasteiger partial charge in [0.25, 0.3) is 5.91 Å². The first kappa shape index (κ1) is 22.6. The number of rotatable bonds is 10. The number of β-amino-alcohol motifs (C(OH)–C–C–N with tert-alkyl or cyclic N) is 1. The van der Waals surface area contributed by atoms with Crippen molar-refractivity contribution in [2.75, 3.05) is 53.6 Å². The highest BCUT2D eigenvalue weighted by atomic mass is 16.5. The number of morpholine rings is 1. The largest absolute Gasteiger partial charge is 0.496 e. The van der Waals surface area contributed by atoms with E-state index >= 15 is 0 Å². The van der Waals surface area contributed by atoms with Crippen molar-refractivity contribution in [3.63, 3.8) is 0 Å². The number of carbonyl (C=O) groups excluding carboxylic acids is 1. The molecule has 1 aliphatic heterocycles. The van der Waals surface area contributed by atoms with E-state index in [1.807, 2.05) is 17.0 Å². The fourth-order valence-electron chi connectivity index (χ4n) is 3.48. The zero-order valence-corrected chi connectivity index (χ0v) is 17.5. The van der Waals surface area contributed by atoms with Gasteiger partial charge in [-0.15, -0.1) is 0 Å². The van der Waals surface area contributed by atoms with Crippen LogP contribution in [0.25, 0.3) is 0 Å². The molecule has 7 heteroatoms. The van der Waals surface area contributed by atoms with E-state index in [9.17, 15) is 9.90 Å². The van der Waals surface area contributed by atoms with Crippen molar-refractivity contribution in [2.24, 2.45) is 0 Å². The molecule has 0 saturated carbocycles. The lowest BCUT2D eigenvalue weighted by Gasteiger charge is -2.38. The third kappa shape index (κ3) is 6.17. The molecule has 3 unspecified atom stereocenters. The van der Waals surface area contributed by atoms with Crippen molar-refractivity contribution in [2.45, 2.75) is 38.5 Å². The molecule has 7 nitrogen and oxygen atoms in total. The van der Waals surface area contributed by atoms with Crippen molar-refractivity contribution < 1.29 is 24.1 Å². The van der Waals surface area contributed by atoms with E-state index in [1.165, 1.54) is 0 Å². The summed E-state index contributed by atoms with van der Waals surface area (Å²) in [6.45, 7) is 7.50. The Kier molecular flexibility index (Phi) is 9.18. The summed E-state index contributed by atoms with van der Waals surface area (Å²) < 4.78 is 16.3. The maximum absolute atomic E-state index is 13.3. The molecule has 158 valence electrons. The molecule has 1 aliphatic rings. The second-order valence-corrected chi connectivity index (χ2v) is 7.28. The SMILES string of the molecule is CCC(C)N(CC1CN(CC(O)COC)CCO1)C(=O)c1ccccc1OC. The molecule has 1 saturated heterocycles. The van der Waals surface area contributed by atoms with Gasteiger partial charge >= 0.3 is 0 Å². The lowest BCUT2D eigenvalue weighted by Crippen LogP contribution is -2.52. The molecule has 2 rings (SSSR count). The molecular weight excluding hydrogens is 360 g/mol. The van der Waals surface area contributed by atoms with Crippen molar-refractivity contribution in [3.05, 3.63) is 29.8 Å². The summed E-state index contributed by atoms with van der Waals surface area (Å²) in [5, 5.41) is 10.0. The minimum absolute atomic E-state index is 0.0491. The van der Waals surface area contributed by atoms with Gasteiger partial charge in [-0.2, -0.15) is 0 Å². The van der Waals surface area contributed by atoms with Crippen LogP contribution in [0.2, 0.25) is 0 Å². The average molecular weight is 395 g/mol. The Morgan fingerprint density at radius 2 is 2.14 bits per heavy atom. The summed E-state index contributed by atoms with van der Waals surface area (Å²) in [5.41, 5.74) is 0.563. The van der Waals surface area contributed by atoms with Crippen molar-refractivity contribution in [1.29, 1.82) is 0 Å². The number of benzene rings is 1. The van der Waals surface area contributed by atoms with Gasteiger partial charge in [0.2, 0.25) is 0 Å². The van der Waals surface area contributed by atoms with E-state index in [0.29, 0.717) is 44.2 Å². The van der Waals surface area contributed by atoms with E-state index in [0.717, 1.165) is 13.0 Å². The third-order valence-corrected chi connectivity index (χ3v) is 5.17. The Labute approximate surface area is 168 Å². The molecule has 1 N–H and O–H groups in total. The standard InChI is InChI=1S/C21H34N2O5/c1-5-16(2)23(21(25)19-8-6-7-9-20(19)27-4)14-18-13-22(10-11-28-18)12-17(24)15-26-3/h6-9,16-18,24H,5,10-15H2,1-4H3. The summed E-state index contributed by atoms with van der Waals surface area (Å²) in [5.74, 6) is 0.529. The van der Waals surface area contributed by atoms with Crippen LogP contribution in [-0.4, -0.2) is 92.7 Å². The number of aliphatic hydroxyl groups excluding tert-OH is 1. The first-order valence-corrected chi connectivity index (χ1v) is 9.95. The van der Waals surface area contributed by atoms with Crippen LogP contribution in [0.3, 0.4) is 0 Å². The Morgan fingerprint density at radius 3 is 2.82 bits per heavy atom. The third-order valence-electron chi connectivity index (χ3n) is 5.17. The number of carbonyl (C=O) groups is 1. The van der Waals surface area contributed by atoms with Gasteiger partial charge in [0.05, 0.1) is 38.1 Å². The maximum atomic E-state index is 13.3. The van der Waals surface area contributed by atoms with Gasteiger partial charge in [-0.1, -0.05) is 19.1 Å². The topological polar surface area (TPSA) is 71.5 Å². The molecule has 0 bridgehead atoms. The normalized spacial score (nSPS) is 19.8. The van der Waals surface area contributed by atoms with E-state index in [4.69, 9.17) is 14.2 Å². The quantitative estimate of drug-likeness (QED) is 0.651. The van der Waals surface area contributed by atoms with Gasteiger partial charge in [0, 0.05) is 39.3 Å². The zero-order valence-electron chi connectivity index (χ0n) is 17.5. The first-order valence-electron chi connectivity index (χ1n) is 9.95. The van der Waals surface area contributed by atoms with Gasteiger partial charge in [0.15, 0.2) is 0 Å². The lowest BCUT2D eigenvalue weighted by atomic mass is 10.1. The highest BCUT2D eigenvalue weighted by Crippen LogP contribution is 2.22. The first-order chi connectivity index (χ1) is 13.5. The van der Waals surface area contributed by atoms with E-state index in [2.05, 4.69) is 18.7 Å². The fraction of sp³-hybridized carbons (Fsp3) is 0.667. The van der Waals surface area contributed by atoms with Crippen LogP contribution >= 0.6 is 0 Å². The minimum Gasteiger partial charge on any atom is -0.496 e. The molecule has 1 heterocycles. The van der Waals surface area contributed by atoms with Crippen LogP contribution in [-0.2, 0) is 9.47 Å². The minimum atomic E-state index is -0.523. The van der Waals surface area contributed by atoms with Crippen LogP contribution in [0.1, 0.15) is 30.6 Å². The van der Waals surface area contributed by atoms with Gasteiger partial charge in [-0.3, -0.25) is 9.69 Å². The van der Waals surface area contributed by atoms with Crippen molar-refractivity contribution >= 4 is 5.91 Å². The summed E-state index contributed by atoms with van der Waals surface area (Å²) in [7, 11) is 3.16. The molecule has 0 aromatic heterocycles. The second kappa shape index (κ2) is 11.4. The number of nitrogens with zero attached hydrogens (tertiary/aromatic N) is 2. The van der Waals surface area contributed by atoms with Gasteiger partial charge < -0.3 is 24.2 Å². The van der Waals surface area contributed by atoms with Crippen LogP contribution in [0.4, 0.5) is 0 Å². The number of ether oxygens (including phenoxy) is 3. The molecule has 3 atom stereocenters. The molecule has 1 amide bonds. The molecule has 1 fully saturated rings. The number of aliphatic hydroxyl groups is 1.